The largest absolute Gasteiger partial charge is 0.417 e. The average Bonchev–Trinajstić information content (AvgIpc) is 2.95. The van der Waals surface area contributed by atoms with Crippen LogP contribution in [0.1, 0.15) is 35.2 Å². The number of ketones is 1. The number of aryl methyl sites for hydroxylation is 1. The SMILES string of the molecule is CCCSc1c(C(F)(F)F)ccc(C(=O)CNc2nnc(C)o2)c1F. The predicted molar refractivity (Wildman–Crippen MR) is 84.3 cm³/mol. The topological polar surface area (TPSA) is 68.0 Å². The summed E-state index contributed by atoms with van der Waals surface area (Å²) in [5, 5.41) is 9.67. The Morgan fingerprint density at radius 2 is 2.04 bits per heavy atom. The van der Waals surface area contributed by atoms with Gasteiger partial charge in [0.1, 0.15) is 5.82 Å². The van der Waals surface area contributed by atoms with E-state index in [0.717, 1.165) is 23.9 Å². The minimum atomic E-state index is -4.70. The molecule has 2 rings (SSSR count). The van der Waals surface area contributed by atoms with Gasteiger partial charge in [-0.15, -0.1) is 16.9 Å². The zero-order valence-electron chi connectivity index (χ0n) is 13.4. The number of Topliss-reactive ketones (excluding diaryl/α,β-unsaturated/α-hetero) is 1. The lowest BCUT2D eigenvalue weighted by atomic mass is 10.1. The van der Waals surface area contributed by atoms with Gasteiger partial charge >= 0.3 is 12.2 Å². The molecule has 0 aliphatic heterocycles. The maximum absolute atomic E-state index is 14.5. The lowest BCUT2D eigenvalue weighted by molar-refractivity contribution is -0.140. The van der Waals surface area contributed by atoms with Crippen molar-refractivity contribution in [1.82, 2.24) is 10.2 Å². The molecule has 0 unspecified atom stereocenters. The molecule has 0 aliphatic rings. The zero-order valence-corrected chi connectivity index (χ0v) is 14.2. The summed E-state index contributed by atoms with van der Waals surface area (Å²) in [5.74, 6) is -1.31. The molecule has 0 bridgehead atoms. The molecule has 25 heavy (non-hydrogen) atoms. The highest BCUT2D eigenvalue weighted by Crippen LogP contribution is 2.39. The van der Waals surface area contributed by atoms with Gasteiger partial charge in [0.25, 0.3) is 0 Å². The number of benzene rings is 1. The van der Waals surface area contributed by atoms with Crippen molar-refractivity contribution in [2.45, 2.75) is 31.3 Å². The molecule has 5 nitrogen and oxygen atoms in total. The molecule has 0 radical (unpaired) electrons. The number of rotatable bonds is 7. The molecule has 0 saturated carbocycles. The average molecular weight is 377 g/mol. The van der Waals surface area contributed by atoms with Gasteiger partial charge in [-0.2, -0.15) is 13.2 Å². The zero-order chi connectivity index (χ0) is 18.6. The van der Waals surface area contributed by atoms with Crippen LogP contribution in [0.2, 0.25) is 0 Å². The van der Waals surface area contributed by atoms with Crippen LogP contribution in [0.25, 0.3) is 0 Å². The Morgan fingerprint density at radius 3 is 2.60 bits per heavy atom. The quantitative estimate of drug-likeness (QED) is 0.440. The smallest absolute Gasteiger partial charge is 0.408 e. The summed E-state index contributed by atoms with van der Waals surface area (Å²) in [6.45, 7) is 2.93. The van der Waals surface area contributed by atoms with E-state index in [4.69, 9.17) is 4.42 Å². The Labute approximate surface area is 145 Å². The molecule has 0 saturated heterocycles. The van der Waals surface area contributed by atoms with Crippen molar-refractivity contribution < 1.29 is 26.8 Å². The summed E-state index contributed by atoms with van der Waals surface area (Å²) < 4.78 is 58.7. The number of carbonyl (C=O) groups excluding carboxylic acids is 1. The molecular weight excluding hydrogens is 362 g/mol. The van der Waals surface area contributed by atoms with Crippen LogP contribution in [-0.4, -0.2) is 28.3 Å². The normalized spacial score (nSPS) is 11.6. The molecule has 2 aromatic rings. The highest BCUT2D eigenvalue weighted by atomic mass is 32.2. The van der Waals surface area contributed by atoms with E-state index < -0.39 is 33.8 Å². The number of hydrogen-bond acceptors (Lipinski definition) is 6. The number of alkyl halides is 3. The number of thioether (sulfide) groups is 1. The van der Waals surface area contributed by atoms with Crippen molar-refractivity contribution in [3.8, 4) is 0 Å². The van der Waals surface area contributed by atoms with Crippen molar-refractivity contribution in [3.05, 3.63) is 35.0 Å². The molecule has 1 aromatic heterocycles. The summed E-state index contributed by atoms with van der Waals surface area (Å²) in [6.07, 6.45) is -4.13. The molecular formula is C15H15F4N3O2S. The summed E-state index contributed by atoms with van der Waals surface area (Å²) in [7, 11) is 0. The maximum atomic E-state index is 14.5. The van der Waals surface area contributed by atoms with Gasteiger partial charge in [0.05, 0.1) is 22.6 Å². The first-order valence-corrected chi connectivity index (χ1v) is 8.32. The van der Waals surface area contributed by atoms with Crippen molar-refractivity contribution in [2.75, 3.05) is 17.6 Å². The van der Waals surface area contributed by atoms with Gasteiger partial charge in [0.15, 0.2) is 5.78 Å². The molecule has 0 amide bonds. The molecule has 136 valence electrons. The summed E-state index contributed by atoms with van der Waals surface area (Å²) >= 11 is 0.741. The Balaban J connectivity index is 2.26. The van der Waals surface area contributed by atoms with Crippen LogP contribution in [0.3, 0.4) is 0 Å². The number of nitrogens with one attached hydrogen (secondary N) is 1. The van der Waals surface area contributed by atoms with Gasteiger partial charge in [0, 0.05) is 6.92 Å². The Kier molecular flexibility index (Phi) is 6.04. The standard InChI is InChI=1S/C15H15F4N3O2S/c1-3-6-25-13-10(15(17,18)19)5-4-9(12(13)16)11(23)7-20-14-22-21-8(2)24-14/h4-5H,3,6-7H2,1-2H3,(H,20,22). The first-order chi connectivity index (χ1) is 11.7. The minimum Gasteiger partial charge on any atom is -0.408 e. The van der Waals surface area contributed by atoms with Gasteiger partial charge < -0.3 is 9.73 Å². The Hall–Kier alpha value is -2.10. The number of hydrogen-bond donors (Lipinski definition) is 1. The number of carbonyl (C=O) groups is 1. The third-order valence-corrected chi connectivity index (χ3v) is 4.38. The number of nitrogens with zero attached hydrogens (tertiary/aromatic N) is 2. The summed E-state index contributed by atoms with van der Waals surface area (Å²) in [5.41, 5.74) is -1.50. The molecule has 1 heterocycles. The fourth-order valence-electron chi connectivity index (χ4n) is 1.96. The van der Waals surface area contributed by atoms with Crippen LogP contribution in [0, 0.1) is 12.7 Å². The van der Waals surface area contributed by atoms with Gasteiger partial charge in [-0.05, 0) is 24.3 Å². The van der Waals surface area contributed by atoms with E-state index in [1.54, 1.807) is 13.8 Å². The highest BCUT2D eigenvalue weighted by molar-refractivity contribution is 7.99. The van der Waals surface area contributed by atoms with E-state index in [1.807, 2.05) is 0 Å². The Morgan fingerprint density at radius 1 is 1.32 bits per heavy atom. The van der Waals surface area contributed by atoms with Crippen molar-refractivity contribution in [2.24, 2.45) is 0 Å². The maximum Gasteiger partial charge on any atom is 0.417 e. The van der Waals surface area contributed by atoms with E-state index in [9.17, 15) is 22.4 Å². The summed E-state index contributed by atoms with van der Waals surface area (Å²) in [4.78, 5) is 11.6. The molecule has 1 aromatic carbocycles. The molecule has 0 atom stereocenters. The molecule has 0 spiro atoms. The van der Waals surface area contributed by atoms with Crippen molar-refractivity contribution >= 4 is 23.6 Å². The molecule has 10 heteroatoms. The summed E-state index contributed by atoms with van der Waals surface area (Å²) in [6, 6.07) is 1.54. The second-order valence-corrected chi connectivity index (χ2v) is 6.16. The third kappa shape index (κ3) is 4.71. The number of halogens is 4. The van der Waals surface area contributed by atoms with Crippen LogP contribution < -0.4 is 5.32 Å². The molecule has 0 fully saturated rings. The van der Waals surface area contributed by atoms with Gasteiger partial charge in [-0.3, -0.25) is 4.79 Å². The van der Waals surface area contributed by atoms with Crippen LogP contribution in [0.15, 0.2) is 21.4 Å². The number of aromatic nitrogens is 2. The first-order valence-electron chi connectivity index (χ1n) is 7.33. The molecule has 1 N–H and O–H groups in total. The molecule has 0 aliphatic carbocycles. The highest BCUT2D eigenvalue weighted by Gasteiger charge is 2.36. The predicted octanol–water partition coefficient (Wildman–Crippen LogP) is 4.33. The van der Waals surface area contributed by atoms with E-state index in [2.05, 4.69) is 15.5 Å². The van der Waals surface area contributed by atoms with Crippen molar-refractivity contribution in [3.63, 3.8) is 0 Å². The van der Waals surface area contributed by atoms with Crippen LogP contribution in [0.4, 0.5) is 23.6 Å². The van der Waals surface area contributed by atoms with Crippen molar-refractivity contribution in [1.29, 1.82) is 0 Å². The fraction of sp³-hybridized carbons (Fsp3) is 0.400. The lowest BCUT2D eigenvalue weighted by Crippen LogP contribution is -2.18. The van der Waals surface area contributed by atoms with E-state index in [-0.39, 0.29) is 18.5 Å². The second kappa shape index (κ2) is 7.85. The fourth-order valence-corrected chi connectivity index (χ4v) is 2.94. The van der Waals surface area contributed by atoms with Gasteiger partial charge in [0.2, 0.25) is 5.89 Å². The van der Waals surface area contributed by atoms with Crippen LogP contribution in [-0.2, 0) is 6.18 Å². The number of anilines is 1. The minimum absolute atomic E-state index is 0.0289. The van der Waals surface area contributed by atoms with E-state index in [0.29, 0.717) is 12.2 Å². The lowest BCUT2D eigenvalue weighted by Gasteiger charge is -2.15. The third-order valence-electron chi connectivity index (χ3n) is 3.08. The van der Waals surface area contributed by atoms with Gasteiger partial charge in [-0.1, -0.05) is 12.0 Å². The van der Waals surface area contributed by atoms with Gasteiger partial charge in [-0.25, -0.2) is 4.39 Å². The van der Waals surface area contributed by atoms with Crippen LogP contribution >= 0.6 is 11.8 Å². The van der Waals surface area contributed by atoms with E-state index in [1.165, 1.54) is 0 Å². The van der Waals surface area contributed by atoms with Crippen LogP contribution in [0.5, 0.6) is 0 Å². The second-order valence-electron chi connectivity index (χ2n) is 5.05. The van der Waals surface area contributed by atoms with E-state index >= 15 is 0 Å². The Bertz CT molecular complexity index is 762. The first kappa shape index (κ1) is 19.2. The monoisotopic (exact) mass is 377 g/mol.